The molecule has 0 aromatic heterocycles. The number of rotatable bonds is 1. The molecule has 110 valence electrons. The molecule has 0 fully saturated rings. The molecule has 0 atom stereocenters. The molecule has 2 aromatic rings. The van der Waals surface area contributed by atoms with Gasteiger partial charge in [0.2, 0.25) is 0 Å². The zero-order valence-corrected chi connectivity index (χ0v) is 10.7. The van der Waals surface area contributed by atoms with Gasteiger partial charge in [-0.15, -0.1) is 0 Å². The molecular weight excluding hydrogens is 303 g/mol. The van der Waals surface area contributed by atoms with E-state index in [9.17, 15) is 22.0 Å². The Labute approximate surface area is 121 Å². The first-order valence-corrected chi connectivity index (χ1v) is 5.78. The van der Waals surface area contributed by atoms with Crippen molar-refractivity contribution in [3.63, 3.8) is 0 Å². The maximum atomic E-state index is 13.9. The van der Waals surface area contributed by atoms with E-state index in [1.165, 1.54) is 6.07 Å². The van der Waals surface area contributed by atoms with Crippen LogP contribution in [-0.4, -0.2) is 0 Å². The van der Waals surface area contributed by atoms with Crippen molar-refractivity contribution in [1.82, 2.24) is 0 Å². The third kappa shape index (κ3) is 2.75. The quantitative estimate of drug-likeness (QED) is 0.733. The second-order valence-electron chi connectivity index (χ2n) is 4.30. The standard InChI is InChI=1S/C15H5F5N2/c16-12-3-8(6-21)4-13(17)14(12)11-2-1-10(15(18,19)20)5-9(11)7-22/h1-5H. The average Bonchev–Trinajstić information content (AvgIpc) is 2.45. The van der Waals surface area contributed by atoms with Crippen LogP contribution in [0.15, 0.2) is 30.3 Å². The van der Waals surface area contributed by atoms with Crippen LogP contribution < -0.4 is 0 Å². The second-order valence-corrected chi connectivity index (χ2v) is 4.30. The number of nitrogens with zero attached hydrogens (tertiary/aromatic N) is 2. The van der Waals surface area contributed by atoms with Crippen LogP contribution in [0.3, 0.4) is 0 Å². The van der Waals surface area contributed by atoms with Crippen LogP contribution in [0.25, 0.3) is 11.1 Å². The SMILES string of the molecule is N#Cc1cc(F)c(-c2ccc(C(F)(F)F)cc2C#N)c(F)c1. The van der Waals surface area contributed by atoms with E-state index in [0.29, 0.717) is 12.1 Å². The van der Waals surface area contributed by atoms with Gasteiger partial charge in [0.25, 0.3) is 0 Å². The first-order chi connectivity index (χ1) is 10.3. The molecule has 7 heteroatoms. The second kappa shape index (κ2) is 5.45. The monoisotopic (exact) mass is 308 g/mol. The van der Waals surface area contributed by atoms with Crippen molar-refractivity contribution in [2.45, 2.75) is 6.18 Å². The molecule has 0 bridgehead atoms. The highest BCUT2D eigenvalue weighted by molar-refractivity contribution is 5.72. The van der Waals surface area contributed by atoms with Gasteiger partial charge in [0.05, 0.1) is 34.4 Å². The average molecular weight is 308 g/mol. The van der Waals surface area contributed by atoms with Gasteiger partial charge in [-0.1, -0.05) is 6.07 Å². The number of hydrogen-bond acceptors (Lipinski definition) is 2. The maximum absolute atomic E-state index is 13.9. The third-order valence-corrected chi connectivity index (χ3v) is 2.91. The number of hydrogen-bond donors (Lipinski definition) is 0. The smallest absolute Gasteiger partial charge is 0.206 e. The lowest BCUT2D eigenvalue weighted by atomic mass is 9.96. The van der Waals surface area contributed by atoms with Crippen molar-refractivity contribution in [2.24, 2.45) is 0 Å². The van der Waals surface area contributed by atoms with Gasteiger partial charge in [-0.25, -0.2) is 8.78 Å². The van der Waals surface area contributed by atoms with Crippen molar-refractivity contribution in [3.05, 3.63) is 58.7 Å². The molecule has 0 unspecified atom stereocenters. The first-order valence-electron chi connectivity index (χ1n) is 5.78. The molecule has 22 heavy (non-hydrogen) atoms. The van der Waals surface area contributed by atoms with Crippen LogP contribution in [0.1, 0.15) is 16.7 Å². The Morgan fingerprint density at radius 2 is 1.45 bits per heavy atom. The van der Waals surface area contributed by atoms with Gasteiger partial charge in [-0.2, -0.15) is 23.7 Å². The normalized spacial score (nSPS) is 10.9. The summed E-state index contributed by atoms with van der Waals surface area (Å²) in [5, 5.41) is 17.6. The highest BCUT2D eigenvalue weighted by Crippen LogP contribution is 2.35. The summed E-state index contributed by atoms with van der Waals surface area (Å²) >= 11 is 0. The van der Waals surface area contributed by atoms with Gasteiger partial charge in [-0.05, 0) is 24.3 Å². The minimum Gasteiger partial charge on any atom is -0.206 e. The molecular formula is C15H5F5N2. The molecule has 0 saturated carbocycles. The van der Waals surface area contributed by atoms with Crippen LogP contribution in [0.4, 0.5) is 22.0 Å². The first kappa shape index (κ1) is 15.5. The Kier molecular flexibility index (Phi) is 3.83. The van der Waals surface area contributed by atoms with Gasteiger partial charge in [0.15, 0.2) is 0 Å². The summed E-state index contributed by atoms with van der Waals surface area (Å²) < 4.78 is 65.6. The molecule has 0 heterocycles. The summed E-state index contributed by atoms with van der Waals surface area (Å²) in [5.41, 5.74) is -2.84. The Balaban J connectivity index is 2.70. The minimum absolute atomic E-state index is 0.274. The van der Waals surface area contributed by atoms with Gasteiger partial charge < -0.3 is 0 Å². The molecule has 0 N–H and O–H groups in total. The van der Waals surface area contributed by atoms with Crippen molar-refractivity contribution in [2.75, 3.05) is 0 Å². The predicted octanol–water partition coefficient (Wildman–Crippen LogP) is 4.39. The van der Waals surface area contributed by atoms with E-state index in [2.05, 4.69) is 0 Å². The summed E-state index contributed by atoms with van der Waals surface area (Å²) in [5.74, 6) is -2.26. The fourth-order valence-electron chi connectivity index (χ4n) is 1.93. The Bertz CT molecular complexity index is 802. The van der Waals surface area contributed by atoms with E-state index in [1.807, 2.05) is 0 Å². The zero-order valence-electron chi connectivity index (χ0n) is 10.7. The molecule has 0 aliphatic heterocycles. The molecule has 0 radical (unpaired) electrons. The van der Waals surface area contributed by atoms with Crippen molar-refractivity contribution >= 4 is 0 Å². The topological polar surface area (TPSA) is 47.6 Å². The van der Waals surface area contributed by atoms with E-state index < -0.39 is 34.5 Å². The summed E-state index contributed by atoms with van der Waals surface area (Å²) in [4.78, 5) is 0. The summed E-state index contributed by atoms with van der Waals surface area (Å²) in [6, 6.07) is 6.52. The number of benzene rings is 2. The zero-order chi connectivity index (χ0) is 16.5. The summed E-state index contributed by atoms with van der Waals surface area (Å²) in [6.07, 6.45) is -4.67. The number of alkyl halides is 3. The van der Waals surface area contributed by atoms with E-state index >= 15 is 0 Å². The third-order valence-electron chi connectivity index (χ3n) is 2.91. The molecule has 0 aliphatic rings. The van der Waals surface area contributed by atoms with Crippen LogP contribution >= 0.6 is 0 Å². The highest BCUT2D eigenvalue weighted by atomic mass is 19.4. The van der Waals surface area contributed by atoms with E-state index in [-0.39, 0.29) is 11.1 Å². The Hall–Kier alpha value is -2.93. The molecule has 2 nitrogen and oxygen atoms in total. The molecule has 0 aliphatic carbocycles. The van der Waals surface area contributed by atoms with Crippen LogP contribution in [0, 0.1) is 34.3 Å². The highest BCUT2D eigenvalue weighted by Gasteiger charge is 2.31. The molecule has 2 rings (SSSR count). The van der Waals surface area contributed by atoms with Gasteiger partial charge in [0, 0.05) is 5.56 Å². The molecule has 0 spiro atoms. The van der Waals surface area contributed by atoms with Crippen molar-refractivity contribution in [3.8, 4) is 23.3 Å². The van der Waals surface area contributed by atoms with Gasteiger partial charge >= 0.3 is 6.18 Å². The van der Waals surface area contributed by atoms with Gasteiger partial charge in [0.1, 0.15) is 11.6 Å². The lowest BCUT2D eigenvalue weighted by Gasteiger charge is -2.11. The predicted molar refractivity (Wildman–Crippen MR) is 66.2 cm³/mol. The summed E-state index contributed by atoms with van der Waals surface area (Å²) in [7, 11) is 0. The lowest BCUT2D eigenvalue weighted by molar-refractivity contribution is -0.137. The van der Waals surface area contributed by atoms with E-state index in [0.717, 1.165) is 18.2 Å². The molecule has 2 aromatic carbocycles. The van der Waals surface area contributed by atoms with Crippen molar-refractivity contribution in [1.29, 1.82) is 10.5 Å². The Morgan fingerprint density at radius 3 is 1.91 bits per heavy atom. The van der Waals surface area contributed by atoms with E-state index in [1.54, 1.807) is 6.07 Å². The minimum atomic E-state index is -4.67. The van der Waals surface area contributed by atoms with Crippen LogP contribution in [-0.2, 0) is 6.18 Å². The van der Waals surface area contributed by atoms with E-state index in [4.69, 9.17) is 10.5 Å². The largest absolute Gasteiger partial charge is 0.416 e. The van der Waals surface area contributed by atoms with Crippen molar-refractivity contribution < 1.29 is 22.0 Å². The molecule has 0 amide bonds. The number of halogens is 5. The molecule has 0 saturated heterocycles. The lowest BCUT2D eigenvalue weighted by Crippen LogP contribution is -2.06. The summed E-state index contributed by atoms with van der Waals surface area (Å²) in [6.45, 7) is 0. The fraction of sp³-hybridized carbons (Fsp3) is 0.0667. The van der Waals surface area contributed by atoms with Crippen LogP contribution in [0.5, 0.6) is 0 Å². The maximum Gasteiger partial charge on any atom is 0.416 e. The van der Waals surface area contributed by atoms with Crippen LogP contribution in [0.2, 0.25) is 0 Å². The number of nitriles is 2. The van der Waals surface area contributed by atoms with Gasteiger partial charge in [-0.3, -0.25) is 0 Å². The Morgan fingerprint density at radius 1 is 0.864 bits per heavy atom. The fourth-order valence-corrected chi connectivity index (χ4v) is 1.93.